The van der Waals surface area contributed by atoms with Crippen molar-refractivity contribution < 1.29 is 29.2 Å². The SMILES string of the molecule is COc1ccc(C2=CC3(O)CCCN3CC2O)cc1OC.COc1ccccc1OC. The largest absolute Gasteiger partial charge is 0.493 e. The predicted molar refractivity (Wildman–Crippen MR) is 119 cm³/mol. The third-order valence-corrected chi connectivity index (χ3v) is 5.67. The molecule has 2 N–H and O–H groups in total. The molecule has 7 heteroatoms. The molecule has 0 radical (unpaired) electrons. The number of aliphatic hydroxyl groups is 2. The molecule has 1 saturated heterocycles. The number of rotatable bonds is 5. The molecular weight excluding hydrogens is 398 g/mol. The van der Waals surface area contributed by atoms with Crippen LogP contribution in [0.4, 0.5) is 0 Å². The summed E-state index contributed by atoms with van der Waals surface area (Å²) in [6, 6.07) is 13.1. The number of methoxy groups -OCH3 is 4. The van der Waals surface area contributed by atoms with Gasteiger partial charge in [0.25, 0.3) is 0 Å². The topological polar surface area (TPSA) is 80.6 Å². The van der Waals surface area contributed by atoms with Gasteiger partial charge in [0.05, 0.1) is 34.5 Å². The van der Waals surface area contributed by atoms with E-state index < -0.39 is 11.8 Å². The van der Waals surface area contributed by atoms with Crippen molar-refractivity contribution in [1.82, 2.24) is 4.90 Å². The molecule has 1 fully saturated rings. The van der Waals surface area contributed by atoms with Crippen LogP contribution in [-0.2, 0) is 0 Å². The highest BCUT2D eigenvalue weighted by Gasteiger charge is 2.42. The van der Waals surface area contributed by atoms with Crippen molar-refractivity contribution in [3.05, 3.63) is 54.1 Å². The number of para-hydroxylation sites is 2. The van der Waals surface area contributed by atoms with Gasteiger partial charge in [-0.05, 0) is 54.3 Å². The van der Waals surface area contributed by atoms with E-state index in [0.29, 0.717) is 24.5 Å². The highest BCUT2D eigenvalue weighted by atomic mass is 16.5. The molecule has 2 aromatic carbocycles. The van der Waals surface area contributed by atoms with Gasteiger partial charge in [-0.15, -0.1) is 0 Å². The van der Waals surface area contributed by atoms with Crippen LogP contribution in [0.1, 0.15) is 18.4 Å². The van der Waals surface area contributed by atoms with Gasteiger partial charge in [0.1, 0.15) is 5.72 Å². The van der Waals surface area contributed by atoms with Gasteiger partial charge in [0.2, 0.25) is 0 Å². The van der Waals surface area contributed by atoms with E-state index >= 15 is 0 Å². The Kier molecular flexibility index (Phi) is 7.43. The Bertz CT molecular complexity index is 892. The van der Waals surface area contributed by atoms with E-state index in [1.54, 1.807) is 34.5 Å². The Labute approximate surface area is 183 Å². The molecule has 7 nitrogen and oxygen atoms in total. The molecule has 2 atom stereocenters. The normalized spacial score (nSPS) is 22.5. The van der Waals surface area contributed by atoms with Crippen LogP contribution in [-0.4, -0.2) is 68.5 Å². The van der Waals surface area contributed by atoms with Crippen LogP contribution in [0.3, 0.4) is 0 Å². The van der Waals surface area contributed by atoms with E-state index in [1.807, 2.05) is 47.4 Å². The van der Waals surface area contributed by atoms with Crippen molar-refractivity contribution in [1.29, 1.82) is 0 Å². The summed E-state index contributed by atoms with van der Waals surface area (Å²) in [5, 5.41) is 21.1. The summed E-state index contributed by atoms with van der Waals surface area (Å²) >= 11 is 0. The van der Waals surface area contributed by atoms with Gasteiger partial charge in [-0.25, -0.2) is 0 Å². The van der Waals surface area contributed by atoms with Crippen molar-refractivity contribution in [2.24, 2.45) is 0 Å². The molecule has 0 saturated carbocycles. The first-order chi connectivity index (χ1) is 15.0. The Morgan fingerprint density at radius 1 is 0.871 bits per heavy atom. The van der Waals surface area contributed by atoms with Gasteiger partial charge in [-0.2, -0.15) is 0 Å². The van der Waals surface area contributed by atoms with E-state index in [0.717, 1.165) is 35.6 Å². The fourth-order valence-corrected chi connectivity index (χ4v) is 4.03. The summed E-state index contributed by atoms with van der Waals surface area (Å²) in [5.74, 6) is 2.80. The first-order valence-electron chi connectivity index (χ1n) is 10.2. The lowest BCUT2D eigenvalue weighted by atomic mass is 9.92. The van der Waals surface area contributed by atoms with Crippen LogP contribution < -0.4 is 18.9 Å². The number of nitrogens with zero attached hydrogens (tertiary/aromatic N) is 1. The molecule has 0 amide bonds. The average Bonchev–Trinajstić information content (AvgIpc) is 3.18. The lowest BCUT2D eigenvalue weighted by molar-refractivity contribution is -0.0574. The molecule has 2 aromatic rings. The minimum atomic E-state index is -0.929. The molecule has 31 heavy (non-hydrogen) atoms. The van der Waals surface area contributed by atoms with E-state index in [1.165, 1.54) is 0 Å². The second-order valence-corrected chi connectivity index (χ2v) is 7.47. The van der Waals surface area contributed by atoms with Gasteiger partial charge >= 0.3 is 0 Å². The maximum absolute atomic E-state index is 10.7. The van der Waals surface area contributed by atoms with Gasteiger partial charge in [-0.3, -0.25) is 4.90 Å². The van der Waals surface area contributed by atoms with Crippen LogP contribution in [0.25, 0.3) is 5.57 Å². The molecular formula is C24H31NO6. The van der Waals surface area contributed by atoms with E-state index in [2.05, 4.69) is 0 Å². The van der Waals surface area contributed by atoms with Crippen LogP contribution in [0.5, 0.6) is 23.0 Å². The zero-order chi connectivity index (χ0) is 22.4. The third-order valence-electron chi connectivity index (χ3n) is 5.67. The molecule has 0 aromatic heterocycles. The smallest absolute Gasteiger partial charge is 0.161 e. The first kappa shape index (κ1) is 22.9. The van der Waals surface area contributed by atoms with E-state index in [-0.39, 0.29) is 0 Å². The molecule has 2 heterocycles. The Morgan fingerprint density at radius 3 is 2.03 bits per heavy atom. The van der Waals surface area contributed by atoms with Crippen LogP contribution in [0.15, 0.2) is 48.5 Å². The fraction of sp³-hybridized carbons (Fsp3) is 0.417. The van der Waals surface area contributed by atoms with Crippen molar-refractivity contribution in [3.63, 3.8) is 0 Å². The van der Waals surface area contributed by atoms with E-state index in [9.17, 15) is 10.2 Å². The number of aliphatic hydroxyl groups excluding tert-OH is 1. The molecule has 2 aliphatic heterocycles. The monoisotopic (exact) mass is 429 g/mol. The molecule has 0 bridgehead atoms. The first-order valence-corrected chi connectivity index (χ1v) is 10.2. The minimum Gasteiger partial charge on any atom is -0.493 e. The van der Waals surface area contributed by atoms with Crippen molar-refractivity contribution in [2.45, 2.75) is 24.7 Å². The number of hydrogen-bond acceptors (Lipinski definition) is 7. The Morgan fingerprint density at radius 2 is 1.45 bits per heavy atom. The summed E-state index contributed by atoms with van der Waals surface area (Å²) in [6.07, 6.45) is 2.83. The predicted octanol–water partition coefficient (Wildman–Crippen LogP) is 2.95. The summed E-state index contributed by atoms with van der Waals surface area (Å²) in [5.41, 5.74) is 0.665. The standard InChI is InChI=1S/C16H21NO4.C8H10O2/c1-20-14-5-4-11(8-15(14)21-2)12-9-16(19)6-3-7-17(16)10-13(12)18;1-9-7-5-3-4-6-8(7)10-2/h4-5,8-9,13,18-19H,3,6-7,10H2,1-2H3;3-6H,1-2H3. The quantitative estimate of drug-likeness (QED) is 0.756. The van der Waals surface area contributed by atoms with E-state index in [4.69, 9.17) is 18.9 Å². The van der Waals surface area contributed by atoms with Crippen LogP contribution in [0.2, 0.25) is 0 Å². The zero-order valence-electron chi connectivity index (χ0n) is 18.5. The molecule has 2 unspecified atom stereocenters. The molecule has 168 valence electrons. The molecule has 4 rings (SSSR count). The number of hydrogen-bond donors (Lipinski definition) is 2. The Hall–Kier alpha value is -2.74. The summed E-state index contributed by atoms with van der Waals surface area (Å²) in [4.78, 5) is 1.93. The van der Waals surface area contributed by atoms with Gasteiger partial charge in [-0.1, -0.05) is 18.2 Å². The Balaban J connectivity index is 0.000000229. The van der Waals surface area contributed by atoms with Crippen LogP contribution in [0, 0.1) is 0 Å². The summed E-state index contributed by atoms with van der Waals surface area (Å²) < 4.78 is 20.6. The lowest BCUT2D eigenvalue weighted by Crippen LogP contribution is -2.49. The van der Waals surface area contributed by atoms with Crippen molar-refractivity contribution in [2.75, 3.05) is 41.5 Å². The maximum Gasteiger partial charge on any atom is 0.161 e. The molecule has 0 aliphatic carbocycles. The lowest BCUT2D eigenvalue weighted by Gasteiger charge is -2.38. The van der Waals surface area contributed by atoms with Gasteiger partial charge < -0.3 is 29.2 Å². The van der Waals surface area contributed by atoms with Crippen molar-refractivity contribution in [3.8, 4) is 23.0 Å². The number of ether oxygens (including phenoxy) is 4. The molecule has 0 spiro atoms. The zero-order valence-corrected chi connectivity index (χ0v) is 18.5. The van der Waals surface area contributed by atoms with Gasteiger partial charge in [0.15, 0.2) is 23.0 Å². The average molecular weight is 430 g/mol. The van der Waals surface area contributed by atoms with Gasteiger partial charge in [0, 0.05) is 13.1 Å². The summed E-state index contributed by atoms with van der Waals surface area (Å²) in [7, 11) is 6.42. The summed E-state index contributed by atoms with van der Waals surface area (Å²) in [6.45, 7) is 1.28. The number of fused-ring (bicyclic) bond motifs is 1. The highest BCUT2D eigenvalue weighted by Crippen LogP contribution is 2.39. The fourth-order valence-electron chi connectivity index (χ4n) is 4.03. The molecule has 2 aliphatic rings. The minimum absolute atomic E-state index is 0.455. The second-order valence-electron chi connectivity index (χ2n) is 7.47. The third kappa shape index (κ3) is 4.95. The highest BCUT2D eigenvalue weighted by molar-refractivity contribution is 5.73. The maximum atomic E-state index is 10.7. The second kappa shape index (κ2) is 10.0. The van der Waals surface area contributed by atoms with Crippen LogP contribution >= 0.6 is 0 Å². The van der Waals surface area contributed by atoms with Crippen molar-refractivity contribution >= 4 is 5.57 Å². The number of benzene rings is 2.